The average Bonchev–Trinajstić information content (AvgIpc) is 3.72. The molecule has 6 rings (SSSR count). The molecule has 58 heavy (non-hydrogen) atoms. The van der Waals surface area contributed by atoms with Gasteiger partial charge in [0.2, 0.25) is 5.71 Å². The molecule has 0 unspecified atom stereocenters. The number of allylic oxidation sites excluding steroid dienone is 8. The van der Waals surface area contributed by atoms with Crippen LogP contribution in [0.3, 0.4) is 0 Å². The second kappa shape index (κ2) is 16.7. The summed E-state index contributed by atoms with van der Waals surface area (Å²) in [5, 5.41) is 32.3. The Hall–Kier alpha value is -4.98. The van der Waals surface area contributed by atoms with Crippen molar-refractivity contribution in [1.82, 2.24) is 4.90 Å². The van der Waals surface area contributed by atoms with E-state index in [1.807, 2.05) is 64.1 Å². The second-order valence-corrected chi connectivity index (χ2v) is 17.5. The van der Waals surface area contributed by atoms with E-state index in [1.54, 1.807) is 27.7 Å². The van der Waals surface area contributed by atoms with Gasteiger partial charge in [0, 0.05) is 49.6 Å². The summed E-state index contributed by atoms with van der Waals surface area (Å²) < 4.78 is 46.0. The Labute approximate surface area is 340 Å². The first-order valence-corrected chi connectivity index (χ1v) is 20.8. The second-order valence-electron chi connectivity index (χ2n) is 15.3. The van der Waals surface area contributed by atoms with Crippen LogP contribution in [0, 0.1) is 0 Å². The molecule has 1 amide bonds. The first-order chi connectivity index (χ1) is 27.4. The van der Waals surface area contributed by atoms with Crippen LogP contribution >= 0.6 is 12.0 Å². The predicted octanol–water partition coefficient (Wildman–Crippen LogP) is 5.77. The van der Waals surface area contributed by atoms with Crippen molar-refractivity contribution in [2.75, 3.05) is 55.7 Å². The maximum absolute atomic E-state index is 12.6. The minimum atomic E-state index is -4.52. The molecular weight excluding hydrogens is 793 g/mol. The third-order valence-corrected chi connectivity index (χ3v) is 12.5. The van der Waals surface area contributed by atoms with E-state index < -0.39 is 32.9 Å². The van der Waals surface area contributed by atoms with Crippen molar-refractivity contribution in [2.24, 2.45) is 0 Å². The van der Waals surface area contributed by atoms with Gasteiger partial charge in [-0.05, 0) is 79.4 Å². The summed E-state index contributed by atoms with van der Waals surface area (Å²) >= 11 is 0.816. The number of carboxylic acids is 2. The fourth-order valence-corrected chi connectivity index (χ4v) is 9.22. The molecule has 4 aliphatic rings. The summed E-state index contributed by atoms with van der Waals surface area (Å²) in [6.45, 7) is 11.0. The van der Waals surface area contributed by atoms with E-state index >= 15 is 0 Å². The highest BCUT2D eigenvalue weighted by Crippen LogP contribution is 2.50. The number of hydrogen-bond acceptors (Lipinski definition) is 12. The quantitative estimate of drug-likeness (QED) is 0.0697. The monoisotopic (exact) mass is 839 g/mol. The Kier molecular flexibility index (Phi) is 12.3. The van der Waals surface area contributed by atoms with Gasteiger partial charge in [-0.3, -0.25) is 19.0 Å². The number of benzene rings is 2. The largest absolute Gasteiger partial charge is 0.480 e. The van der Waals surface area contributed by atoms with Crippen molar-refractivity contribution in [3.8, 4) is 0 Å². The summed E-state index contributed by atoms with van der Waals surface area (Å²) in [4.78, 5) is 42.3. The van der Waals surface area contributed by atoms with Crippen molar-refractivity contribution >= 4 is 57.3 Å². The van der Waals surface area contributed by atoms with Crippen LogP contribution in [0.25, 0.3) is 0 Å². The zero-order valence-corrected chi connectivity index (χ0v) is 34.4. The number of carbonyl (C=O) groups excluding carboxylic acids is 1. The topological polar surface area (TPSA) is 207 Å². The molecule has 1 aliphatic carbocycles. The highest BCUT2D eigenvalue weighted by atomic mass is 32.2. The standard InChI is InChI=1S/C40H46N4O12S2/c1-6-54-38(49)42-19-17-41(18-20-42)37-25(9-15-33-39(2,3)29-21-27(57-56-55-50)11-13-31(29)43(33)23-35(45)46)7-8-26(37)10-16-34-40(4,5)30-22-28(58(51,52)53)12-14-32(30)44(34)24-36(47)48/h9-16,21-22H,6-8,17-20,23-24H2,1-5H3,(H3-,45,46,47,48,50,51,52,53)/p+1. The van der Waals surface area contributed by atoms with Crippen molar-refractivity contribution in [3.63, 3.8) is 0 Å². The molecule has 18 heteroatoms. The molecule has 3 heterocycles. The maximum atomic E-state index is 12.6. The number of piperazine rings is 1. The molecule has 0 atom stereocenters. The third kappa shape index (κ3) is 8.43. The molecule has 1 saturated heterocycles. The van der Waals surface area contributed by atoms with E-state index in [1.165, 1.54) is 18.2 Å². The lowest BCUT2D eigenvalue weighted by Crippen LogP contribution is -2.47. The normalized spacial score (nSPS) is 21.4. The molecule has 2 aromatic carbocycles. The van der Waals surface area contributed by atoms with Gasteiger partial charge in [0.15, 0.2) is 13.1 Å². The number of rotatable bonds is 11. The number of hydrogen-bond donors (Lipinski definition) is 4. The molecule has 2 fully saturated rings. The van der Waals surface area contributed by atoms with Gasteiger partial charge >= 0.3 is 18.0 Å². The van der Waals surface area contributed by atoms with Crippen molar-refractivity contribution in [1.29, 1.82) is 0 Å². The van der Waals surface area contributed by atoms with E-state index in [0.717, 1.165) is 45.8 Å². The summed E-state index contributed by atoms with van der Waals surface area (Å²) in [7, 11) is -4.52. The Morgan fingerprint density at radius 3 is 1.83 bits per heavy atom. The van der Waals surface area contributed by atoms with Crippen LogP contribution < -0.4 is 9.80 Å². The fourth-order valence-electron chi connectivity index (χ4n) is 8.32. The van der Waals surface area contributed by atoms with Crippen molar-refractivity contribution < 1.29 is 61.5 Å². The number of aliphatic carboxylic acids is 2. The highest BCUT2D eigenvalue weighted by Gasteiger charge is 2.43. The summed E-state index contributed by atoms with van der Waals surface area (Å²) in [6.07, 6.45) is 8.68. The number of carboxylic acid groups (broad SMARTS) is 2. The van der Waals surface area contributed by atoms with Gasteiger partial charge < -0.3 is 24.7 Å². The fraction of sp³-hybridized carbons (Fsp3) is 0.400. The molecule has 1 saturated carbocycles. The lowest BCUT2D eigenvalue weighted by molar-refractivity contribution is -0.537. The lowest BCUT2D eigenvalue weighted by Gasteiger charge is -2.26. The lowest BCUT2D eigenvalue weighted by atomic mass is 9.83. The third-order valence-electron chi connectivity index (χ3n) is 11.1. The molecule has 310 valence electrons. The van der Waals surface area contributed by atoms with Crippen LogP contribution in [0.5, 0.6) is 0 Å². The smallest absolute Gasteiger partial charge is 0.410 e. The molecule has 0 spiro atoms. The highest BCUT2D eigenvalue weighted by molar-refractivity contribution is 7.94. The summed E-state index contributed by atoms with van der Waals surface area (Å²) in [5.74, 6) is -2.09. The molecule has 3 aliphatic heterocycles. The van der Waals surface area contributed by atoms with Crippen LogP contribution in [-0.2, 0) is 44.6 Å². The van der Waals surface area contributed by atoms with E-state index in [2.05, 4.69) is 13.9 Å². The molecule has 0 aromatic heterocycles. The van der Waals surface area contributed by atoms with Crippen LogP contribution in [0.2, 0.25) is 0 Å². The van der Waals surface area contributed by atoms with Gasteiger partial charge in [-0.1, -0.05) is 44.9 Å². The maximum Gasteiger partial charge on any atom is 0.410 e. The van der Waals surface area contributed by atoms with E-state index in [4.69, 9.17) is 9.99 Å². The van der Waals surface area contributed by atoms with Crippen LogP contribution in [0.1, 0.15) is 58.6 Å². The van der Waals surface area contributed by atoms with Crippen LogP contribution in [0.4, 0.5) is 16.2 Å². The van der Waals surface area contributed by atoms with Crippen LogP contribution in [-0.4, -0.2) is 108 Å². The number of amides is 1. The molecule has 0 bridgehead atoms. The number of nitrogens with zero attached hydrogens (tertiary/aromatic N) is 4. The van der Waals surface area contributed by atoms with Gasteiger partial charge in [-0.15, -0.1) is 4.33 Å². The van der Waals surface area contributed by atoms with Gasteiger partial charge in [-0.25, -0.2) is 14.6 Å². The minimum absolute atomic E-state index is 0.264. The van der Waals surface area contributed by atoms with E-state index in [9.17, 15) is 37.6 Å². The molecule has 0 radical (unpaired) electrons. The predicted molar refractivity (Wildman–Crippen MR) is 215 cm³/mol. The Morgan fingerprint density at radius 1 is 0.828 bits per heavy atom. The summed E-state index contributed by atoms with van der Waals surface area (Å²) in [5.41, 5.74) is 5.45. The van der Waals surface area contributed by atoms with Crippen molar-refractivity contribution in [3.05, 3.63) is 94.4 Å². The number of fused-ring (bicyclic) bond motifs is 2. The first kappa shape index (κ1) is 42.6. The van der Waals surface area contributed by atoms with E-state index in [-0.39, 0.29) is 30.7 Å². The first-order valence-electron chi connectivity index (χ1n) is 18.7. The Bertz CT molecular complexity index is 2280. The molecule has 16 nitrogen and oxygen atoms in total. The summed E-state index contributed by atoms with van der Waals surface area (Å²) in [6, 6.07) is 9.56. The zero-order valence-electron chi connectivity index (χ0n) is 32.8. The molecule has 2 aromatic rings. The Balaban J connectivity index is 1.44. The number of carbonyl (C=O) groups is 3. The van der Waals surface area contributed by atoms with Gasteiger partial charge in [0.25, 0.3) is 10.1 Å². The molecule has 4 N–H and O–H groups in total. The zero-order chi connectivity index (χ0) is 42.2. The van der Waals surface area contributed by atoms with Gasteiger partial charge in [-0.2, -0.15) is 8.42 Å². The Morgan fingerprint density at radius 2 is 1.34 bits per heavy atom. The van der Waals surface area contributed by atoms with Crippen molar-refractivity contribution in [2.45, 2.75) is 68.1 Å². The number of anilines is 2. The van der Waals surface area contributed by atoms with E-state index in [0.29, 0.717) is 60.9 Å². The average molecular weight is 840 g/mol. The van der Waals surface area contributed by atoms with Gasteiger partial charge in [0.05, 0.1) is 36.6 Å². The number of ether oxygens (including phenoxy) is 1. The minimum Gasteiger partial charge on any atom is -0.480 e. The van der Waals surface area contributed by atoms with Gasteiger partial charge in [0.1, 0.15) is 13.1 Å². The van der Waals surface area contributed by atoms with Crippen LogP contribution in [0.15, 0.2) is 93.0 Å². The SMILES string of the molecule is CCOC(=O)N1CC[N+](=C2/C(=C/C=C3/N(CC(=O)O)c4ccc(SOOO)cc4C3(C)C)CC/C2=C\C=C2\N(CC(=O)O)c3ccc(S(=O)(=O)O)cc3C2(C)C)CC1. The molecular formula is C40H47N4O12S2+.